The first kappa shape index (κ1) is 16.2. The van der Waals surface area contributed by atoms with Crippen molar-refractivity contribution in [2.75, 3.05) is 27.2 Å². The van der Waals surface area contributed by atoms with Crippen LogP contribution in [-0.4, -0.2) is 53.8 Å². The molecule has 1 saturated heterocycles. The van der Waals surface area contributed by atoms with Gasteiger partial charge in [-0.05, 0) is 25.5 Å². The molecule has 6 heteroatoms. The lowest BCUT2D eigenvalue weighted by atomic mass is 10.1. The normalized spacial score (nSPS) is 17.1. The maximum atomic E-state index is 12.7. The molecule has 1 aromatic carbocycles. The molecule has 0 bridgehead atoms. The molecular weight excluding hydrogens is 306 g/mol. The Bertz CT molecular complexity index is 752. The number of aromatic nitrogens is 1. The second-order valence-electron chi connectivity index (χ2n) is 6.27. The summed E-state index contributed by atoms with van der Waals surface area (Å²) < 4.78 is 5.72. The molecule has 6 nitrogen and oxygen atoms in total. The van der Waals surface area contributed by atoms with Gasteiger partial charge in [0, 0.05) is 32.7 Å². The molecule has 1 fully saturated rings. The van der Waals surface area contributed by atoms with E-state index in [1.807, 2.05) is 30.3 Å². The zero-order valence-corrected chi connectivity index (χ0v) is 14.2. The second kappa shape index (κ2) is 6.47. The number of carbonyl (C=O) groups is 2. The monoisotopic (exact) mass is 327 g/mol. The Hall–Kier alpha value is -2.63. The number of hydrogen-bond donors (Lipinski definition) is 0. The molecule has 0 radical (unpaired) electrons. The van der Waals surface area contributed by atoms with Crippen LogP contribution in [-0.2, 0) is 4.79 Å². The minimum atomic E-state index is -0.198. The number of oxazole rings is 1. The smallest absolute Gasteiger partial charge is 0.291 e. The van der Waals surface area contributed by atoms with E-state index in [1.165, 1.54) is 0 Å². The van der Waals surface area contributed by atoms with Crippen LogP contribution in [0.15, 0.2) is 34.7 Å². The molecule has 2 amide bonds. The third-order valence-electron chi connectivity index (χ3n) is 4.28. The van der Waals surface area contributed by atoms with Gasteiger partial charge in [-0.25, -0.2) is 4.98 Å². The zero-order chi connectivity index (χ0) is 17.3. The molecule has 1 aliphatic rings. The molecule has 0 saturated carbocycles. The van der Waals surface area contributed by atoms with Gasteiger partial charge >= 0.3 is 0 Å². The summed E-state index contributed by atoms with van der Waals surface area (Å²) in [6.07, 6.45) is 0.682. The number of benzene rings is 1. The fraction of sp³-hybridized carbons (Fsp3) is 0.389. The van der Waals surface area contributed by atoms with Crippen molar-refractivity contribution in [3.05, 3.63) is 41.8 Å². The largest absolute Gasteiger partial charge is 0.431 e. The van der Waals surface area contributed by atoms with Crippen LogP contribution in [0.25, 0.3) is 11.5 Å². The highest BCUT2D eigenvalue weighted by atomic mass is 16.4. The SMILES string of the molecule is Cc1nc(-c2ccccc2)oc1C(=O)N1CCC(C(=O)N(C)C)C1. The number of rotatable bonds is 3. The quantitative estimate of drug-likeness (QED) is 0.867. The third-order valence-corrected chi connectivity index (χ3v) is 4.28. The van der Waals surface area contributed by atoms with Gasteiger partial charge in [-0.1, -0.05) is 18.2 Å². The molecule has 24 heavy (non-hydrogen) atoms. The van der Waals surface area contributed by atoms with Crippen LogP contribution in [0.1, 0.15) is 22.7 Å². The van der Waals surface area contributed by atoms with Gasteiger partial charge in [0.25, 0.3) is 5.91 Å². The number of carbonyl (C=O) groups excluding carboxylic acids is 2. The van der Waals surface area contributed by atoms with Gasteiger partial charge in [-0.2, -0.15) is 0 Å². The second-order valence-corrected chi connectivity index (χ2v) is 6.27. The summed E-state index contributed by atoms with van der Waals surface area (Å²) in [6, 6.07) is 9.49. The van der Waals surface area contributed by atoms with E-state index >= 15 is 0 Å². The van der Waals surface area contributed by atoms with E-state index in [0.717, 1.165) is 5.56 Å². The molecule has 0 N–H and O–H groups in total. The van der Waals surface area contributed by atoms with Gasteiger partial charge in [-0.3, -0.25) is 9.59 Å². The van der Waals surface area contributed by atoms with Crippen molar-refractivity contribution >= 4 is 11.8 Å². The zero-order valence-electron chi connectivity index (χ0n) is 14.2. The van der Waals surface area contributed by atoms with Crippen LogP contribution >= 0.6 is 0 Å². The van der Waals surface area contributed by atoms with Crippen LogP contribution in [0, 0.1) is 12.8 Å². The van der Waals surface area contributed by atoms with E-state index in [0.29, 0.717) is 31.1 Å². The minimum Gasteiger partial charge on any atom is -0.431 e. The van der Waals surface area contributed by atoms with Crippen LogP contribution in [0.2, 0.25) is 0 Å². The highest BCUT2D eigenvalue weighted by Gasteiger charge is 2.34. The molecule has 126 valence electrons. The summed E-state index contributed by atoms with van der Waals surface area (Å²) in [5.74, 6) is 0.421. The number of hydrogen-bond acceptors (Lipinski definition) is 4. The Morgan fingerprint density at radius 1 is 1.25 bits per heavy atom. The summed E-state index contributed by atoms with van der Waals surface area (Å²) in [5.41, 5.74) is 1.41. The van der Waals surface area contributed by atoms with E-state index < -0.39 is 0 Å². The fourth-order valence-corrected chi connectivity index (χ4v) is 2.95. The summed E-state index contributed by atoms with van der Waals surface area (Å²) in [7, 11) is 3.47. The third kappa shape index (κ3) is 3.04. The molecule has 1 unspecified atom stereocenters. The predicted octanol–water partition coefficient (Wildman–Crippen LogP) is 2.20. The van der Waals surface area contributed by atoms with Gasteiger partial charge in [0.1, 0.15) is 0 Å². The van der Waals surface area contributed by atoms with E-state index in [4.69, 9.17) is 4.42 Å². The van der Waals surface area contributed by atoms with Gasteiger partial charge < -0.3 is 14.2 Å². The molecule has 0 spiro atoms. The van der Waals surface area contributed by atoms with Crippen LogP contribution in [0.3, 0.4) is 0 Å². The maximum absolute atomic E-state index is 12.7. The summed E-state index contributed by atoms with van der Waals surface area (Å²) >= 11 is 0. The average molecular weight is 327 g/mol. The predicted molar refractivity (Wildman–Crippen MR) is 89.4 cm³/mol. The number of aryl methyl sites for hydroxylation is 1. The molecule has 2 aromatic rings. The van der Waals surface area contributed by atoms with Crippen molar-refractivity contribution in [3.63, 3.8) is 0 Å². The molecular formula is C18H21N3O3. The first-order chi connectivity index (χ1) is 11.5. The van der Waals surface area contributed by atoms with Crippen LogP contribution < -0.4 is 0 Å². The topological polar surface area (TPSA) is 66.7 Å². The summed E-state index contributed by atoms with van der Waals surface area (Å²) in [5, 5.41) is 0. The maximum Gasteiger partial charge on any atom is 0.291 e. The highest BCUT2D eigenvalue weighted by Crippen LogP contribution is 2.25. The summed E-state index contributed by atoms with van der Waals surface area (Å²) in [4.78, 5) is 32.4. The Labute approximate surface area is 141 Å². The van der Waals surface area contributed by atoms with Crippen molar-refractivity contribution < 1.29 is 14.0 Å². The van der Waals surface area contributed by atoms with Crippen LogP contribution in [0.5, 0.6) is 0 Å². The van der Waals surface area contributed by atoms with Gasteiger partial charge in [-0.15, -0.1) is 0 Å². The van der Waals surface area contributed by atoms with E-state index in [1.54, 1.807) is 30.8 Å². The standard InChI is InChI=1S/C18H21N3O3/c1-12-15(24-16(19-12)13-7-5-4-6-8-13)18(23)21-10-9-14(11-21)17(22)20(2)3/h4-8,14H,9-11H2,1-3H3. The van der Waals surface area contributed by atoms with Gasteiger partial charge in [0.15, 0.2) is 0 Å². The summed E-state index contributed by atoms with van der Waals surface area (Å²) in [6.45, 7) is 2.75. The lowest BCUT2D eigenvalue weighted by Crippen LogP contribution is -2.34. The van der Waals surface area contributed by atoms with Gasteiger partial charge in [0.05, 0.1) is 11.6 Å². The molecule has 0 aliphatic carbocycles. The van der Waals surface area contributed by atoms with Gasteiger partial charge in [0.2, 0.25) is 17.6 Å². The number of amides is 2. The Morgan fingerprint density at radius 3 is 2.62 bits per heavy atom. The van der Waals surface area contributed by atoms with E-state index in [9.17, 15) is 9.59 Å². The van der Waals surface area contributed by atoms with Crippen LogP contribution in [0.4, 0.5) is 0 Å². The Kier molecular flexibility index (Phi) is 4.38. The number of nitrogens with zero attached hydrogens (tertiary/aromatic N) is 3. The van der Waals surface area contributed by atoms with Crippen molar-refractivity contribution in [2.45, 2.75) is 13.3 Å². The molecule has 2 heterocycles. The molecule has 1 aliphatic heterocycles. The van der Waals surface area contributed by atoms with Crippen molar-refractivity contribution in [1.29, 1.82) is 0 Å². The van der Waals surface area contributed by atoms with Crippen molar-refractivity contribution in [3.8, 4) is 11.5 Å². The Morgan fingerprint density at radius 2 is 1.96 bits per heavy atom. The lowest BCUT2D eigenvalue weighted by Gasteiger charge is -2.17. The van der Waals surface area contributed by atoms with Crippen molar-refractivity contribution in [2.24, 2.45) is 5.92 Å². The Balaban J connectivity index is 1.77. The lowest BCUT2D eigenvalue weighted by molar-refractivity contribution is -0.132. The molecule has 1 atom stereocenters. The first-order valence-electron chi connectivity index (χ1n) is 8.00. The number of likely N-dealkylation sites (tertiary alicyclic amines) is 1. The minimum absolute atomic E-state index is 0.0598. The molecule has 1 aromatic heterocycles. The average Bonchev–Trinajstić information content (AvgIpc) is 3.21. The first-order valence-corrected chi connectivity index (χ1v) is 8.00. The van der Waals surface area contributed by atoms with E-state index in [2.05, 4.69) is 4.98 Å². The van der Waals surface area contributed by atoms with Crippen molar-refractivity contribution in [1.82, 2.24) is 14.8 Å². The van der Waals surface area contributed by atoms with E-state index in [-0.39, 0.29) is 23.5 Å². The highest BCUT2D eigenvalue weighted by molar-refractivity contribution is 5.93. The molecule has 3 rings (SSSR count). The fourth-order valence-electron chi connectivity index (χ4n) is 2.95.